The van der Waals surface area contributed by atoms with E-state index in [0.29, 0.717) is 18.7 Å². The fourth-order valence-corrected chi connectivity index (χ4v) is 2.93. The van der Waals surface area contributed by atoms with Crippen molar-refractivity contribution in [2.45, 2.75) is 18.9 Å². The summed E-state index contributed by atoms with van der Waals surface area (Å²) < 4.78 is 10.9. The quantitative estimate of drug-likeness (QED) is 0.913. The van der Waals surface area contributed by atoms with Crippen LogP contribution in [-0.2, 0) is 4.79 Å². The number of carbonyl (C=O) groups excluding carboxylic acids is 1. The largest absolute Gasteiger partial charge is 0.497 e. The van der Waals surface area contributed by atoms with Crippen molar-refractivity contribution in [2.75, 3.05) is 26.8 Å². The van der Waals surface area contributed by atoms with E-state index in [0.717, 1.165) is 36.4 Å². The van der Waals surface area contributed by atoms with Gasteiger partial charge in [0.2, 0.25) is 0 Å². The molecule has 2 N–H and O–H groups in total. The highest BCUT2D eigenvalue weighted by atomic mass is 16.5. The van der Waals surface area contributed by atoms with E-state index in [4.69, 9.17) is 15.2 Å². The van der Waals surface area contributed by atoms with E-state index in [1.807, 2.05) is 29.2 Å². The average molecular weight is 288 g/mol. The molecule has 5 heteroatoms. The van der Waals surface area contributed by atoms with Crippen LogP contribution in [0.2, 0.25) is 0 Å². The Morgan fingerprint density at radius 3 is 3.14 bits per heavy atom. The first-order valence-corrected chi connectivity index (χ1v) is 7.25. The lowest BCUT2D eigenvalue weighted by molar-refractivity contribution is -0.128. The highest BCUT2D eigenvalue weighted by Gasteiger charge is 2.30. The van der Waals surface area contributed by atoms with Gasteiger partial charge in [0.05, 0.1) is 12.7 Å². The van der Waals surface area contributed by atoms with Crippen molar-refractivity contribution < 1.29 is 14.3 Å². The van der Waals surface area contributed by atoms with E-state index < -0.39 is 0 Å². The molecule has 1 atom stereocenters. The van der Waals surface area contributed by atoms with Gasteiger partial charge in [0.1, 0.15) is 18.1 Å². The van der Waals surface area contributed by atoms with Crippen LogP contribution in [0, 0.1) is 0 Å². The van der Waals surface area contributed by atoms with E-state index >= 15 is 0 Å². The lowest BCUT2D eigenvalue weighted by atomic mass is 10.1. The van der Waals surface area contributed by atoms with Crippen LogP contribution < -0.4 is 15.2 Å². The Morgan fingerprint density at radius 1 is 1.52 bits per heavy atom. The first kappa shape index (κ1) is 13.9. The van der Waals surface area contributed by atoms with Gasteiger partial charge in [-0.05, 0) is 31.1 Å². The van der Waals surface area contributed by atoms with Crippen molar-refractivity contribution in [2.24, 2.45) is 5.73 Å². The predicted molar refractivity (Wildman–Crippen MR) is 80.3 cm³/mol. The SMILES string of the molecule is COc1ccc2c(c1)OCC(C(=O)N1CCC[C@H]1CN)=C2. The molecule has 0 aliphatic carbocycles. The van der Waals surface area contributed by atoms with Crippen molar-refractivity contribution in [1.29, 1.82) is 0 Å². The standard InChI is InChI=1S/C16H20N2O3/c1-20-14-5-4-11-7-12(10-21-15(11)8-14)16(19)18-6-2-3-13(18)9-17/h4-5,7-8,13H,2-3,6,9-10,17H2,1H3/t13-/m0/s1. The number of rotatable bonds is 3. The Hall–Kier alpha value is -2.01. The van der Waals surface area contributed by atoms with Crippen LogP contribution in [0.15, 0.2) is 23.8 Å². The van der Waals surface area contributed by atoms with E-state index in [9.17, 15) is 4.79 Å². The smallest absolute Gasteiger partial charge is 0.253 e. The second-order valence-electron chi connectivity index (χ2n) is 5.39. The van der Waals surface area contributed by atoms with Gasteiger partial charge in [0, 0.05) is 30.8 Å². The van der Waals surface area contributed by atoms with E-state index in [2.05, 4.69) is 0 Å². The molecule has 0 unspecified atom stereocenters. The molecule has 0 bridgehead atoms. The van der Waals surface area contributed by atoms with Crippen LogP contribution >= 0.6 is 0 Å². The van der Waals surface area contributed by atoms with Crippen LogP contribution in [0.25, 0.3) is 6.08 Å². The first-order chi connectivity index (χ1) is 10.2. The zero-order chi connectivity index (χ0) is 14.8. The minimum absolute atomic E-state index is 0.0458. The lowest BCUT2D eigenvalue weighted by Crippen LogP contribution is -2.41. The first-order valence-electron chi connectivity index (χ1n) is 7.25. The van der Waals surface area contributed by atoms with Gasteiger partial charge >= 0.3 is 0 Å². The van der Waals surface area contributed by atoms with Gasteiger partial charge < -0.3 is 20.1 Å². The summed E-state index contributed by atoms with van der Waals surface area (Å²) in [6.07, 6.45) is 3.92. The zero-order valence-corrected chi connectivity index (χ0v) is 12.2. The maximum atomic E-state index is 12.6. The number of hydrogen-bond acceptors (Lipinski definition) is 4. The number of likely N-dealkylation sites (tertiary alicyclic amines) is 1. The van der Waals surface area contributed by atoms with E-state index in [-0.39, 0.29) is 11.9 Å². The third-order valence-electron chi connectivity index (χ3n) is 4.12. The maximum Gasteiger partial charge on any atom is 0.253 e. The van der Waals surface area contributed by atoms with Crippen molar-refractivity contribution in [3.63, 3.8) is 0 Å². The summed E-state index contributed by atoms with van der Waals surface area (Å²) in [5.74, 6) is 1.55. The number of benzene rings is 1. The van der Waals surface area contributed by atoms with Crippen molar-refractivity contribution in [3.8, 4) is 11.5 Å². The summed E-state index contributed by atoms with van der Waals surface area (Å²) in [7, 11) is 1.62. The summed E-state index contributed by atoms with van der Waals surface area (Å²) in [6, 6.07) is 5.78. The third kappa shape index (κ3) is 2.61. The minimum Gasteiger partial charge on any atom is -0.497 e. The molecular formula is C16H20N2O3. The fraction of sp³-hybridized carbons (Fsp3) is 0.438. The second-order valence-corrected chi connectivity index (χ2v) is 5.39. The Morgan fingerprint density at radius 2 is 2.38 bits per heavy atom. The molecule has 0 aromatic heterocycles. The molecule has 0 radical (unpaired) electrons. The van der Waals surface area contributed by atoms with E-state index in [1.54, 1.807) is 7.11 Å². The van der Waals surface area contributed by atoms with Crippen LogP contribution in [0.4, 0.5) is 0 Å². The topological polar surface area (TPSA) is 64.8 Å². The number of hydrogen-bond donors (Lipinski definition) is 1. The molecule has 2 aliphatic rings. The van der Waals surface area contributed by atoms with Gasteiger partial charge in [0.25, 0.3) is 5.91 Å². The number of ether oxygens (including phenoxy) is 2. The molecule has 1 aromatic rings. The molecule has 21 heavy (non-hydrogen) atoms. The molecule has 3 rings (SSSR count). The Balaban J connectivity index is 1.83. The third-order valence-corrected chi connectivity index (χ3v) is 4.12. The predicted octanol–water partition coefficient (Wildman–Crippen LogP) is 1.42. The molecule has 1 saturated heterocycles. The van der Waals surface area contributed by atoms with Crippen molar-refractivity contribution in [3.05, 3.63) is 29.3 Å². The summed E-state index contributed by atoms with van der Waals surface area (Å²) in [6.45, 7) is 1.61. The number of nitrogens with zero attached hydrogens (tertiary/aromatic N) is 1. The normalized spacial score (nSPS) is 20.6. The Bertz CT molecular complexity index is 583. The summed E-state index contributed by atoms with van der Waals surface area (Å²) >= 11 is 0. The Labute approximate surface area is 124 Å². The number of carbonyl (C=O) groups is 1. The van der Waals surface area contributed by atoms with Crippen LogP contribution in [0.5, 0.6) is 11.5 Å². The zero-order valence-electron chi connectivity index (χ0n) is 12.2. The minimum atomic E-state index is 0.0458. The molecule has 112 valence electrons. The van der Waals surface area contributed by atoms with Crippen molar-refractivity contribution in [1.82, 2.24) is 4.90 Å². The molecule has 0 spiro atoms. The number of methoxy groups -OCH3 is 1. The monoisotopic (exact) mass is 288 g/mol. The van der Waals surface area contributed by atoms with Gasteiger partial charge in [0.15, 0.2) is 0 Å². The maximum absolute atomic E-state index is 12.6. The second kappa shape index (κ2) is 5.77. The summed E-state index contributed by atoms with van der Waals surface area (Å²) in [5.41, 5.74) is 7.34. The van der Waals surface area contributed by atoms with Crippen LogP contribution in [-0.4, -0.2) is 43.7 Å². The molecule has 1 aromatic carbocycles. The molecule has 1 fully saturated rings. The summed E-state index contributed by atoms with van der Waals surface area (Å²) in [5, 5.41) is 0. The molecule has 0 saturated carbocycles. The van der Waals surface area contributed by atoms with Gasteiger partial charge in [-0.2, -0.15) is 0 Å². The average Bonchev–Trinajstić information content (AvgIpc) is 3.01. The molecule has 1 amide bonds. The molecule has 5 nitrogen and oxygen atoms in total. The van der Waals surface area contributed by atoms with Gasteiger partial charge in [-0.25, -0.2) is 0 Å². The highest BCUT2D eigenvalue weighted by molar-refractivity contribution is 5.99. The molecular weight excluding hydrogens is 268 g/mol. The molecule has 2 aliphatic heterocycles. The van der Waals surface area contributed by atoms with Crippen LogP contribution in [0.1, 0.15) is 18.4 Å². The lowest BCUT2D eigenvalue weighted by Gasteiger charge is -2.26. The highest BCUT2D eigenvalue weighted by Crippen LogP contribution is 2.31. The van der Waals surface area contributed by atoms with Gasteiger partial charge in [-0.3, -0.25) is 4.79 Å². The Kier molecular flexibility index (Phi) is 3.84. The number of fused-ring (bicyclic) bond motifs is 1. The summed E-state index contributed by atoms with van der Waals surface area (Å²) in [4.78, 5) is 14.5. The number of amides is 1. The number of nitrogens with two attached hydrogens (primary N) is 1. The van der Waals surface area contributed by atoms with Crippen molar-refractivity contribution >= 4 is 12.0 Å². The van der Waals surface area contributed by atoms with Gasteiger partial charge in [-0.1, -0.05) is 0 Å². The van der Waals surface area contributed by atoms with Gasteiger partial charge in [-0.15, -0.1) is 0 Å². The fourth-order valence-electron chi connectivity index (χ4n) is 2.93. The van der Waals surface area contributed by atoms with E-state index in [1.165, 1.54) is 0 Å². The molecule has 2 heterocycles. The van der Waals surface area contributed by atoms with Crippen LogP contribution in [0.3, 0.4) is 0 Å².